The van der Waals surface area contributed by atoms with Crippen molar-refractivity contribution in [2.24, 2.45) is 0 Å². The lowest BCUT2D eigenvalue weighted by molar-refractivity contribution is 0.137. The Morgan fingerprint density at radius 2 is 1.78 bits per heavy atom. The van der Waals surface area contributed by atoms with Gasteiger partial charge in [0.15, 0.2) is 0 Å². The van der Waals surface area contributed by atoms with Crippen LogP contribution in [0, 0.1) is 6.92 Å². The summed E-state index contributed by atoms with van der Waals surface area (Å²) in [5.74, 6) is 0. The van der Waals surface area contributed by atoms with E-state index < -0.39 is 0 Å². The highest BCUT2D eigenvalue weighted by atomic mass is 16.6. The van der Waals surface area contributed by atoms with E-state index in [0.717, 1.165) is 16.5 Å². The maximum atomic E-state index is 12.3. The zero-order valence-corrected chi connectivity index (χ0v) is 13.1. The predicted octanol–water partition coefficient (Wildman–Crippen LogP) is 3.42. The lowest BCUT2D eigenvalue weighted by Gasteiger charge is -2.12. The average Bonchev–Trinajstić information content (AvgIpc) is 2.57. The Kier molecular flexibility index (Phi) is 4.26. The summed E-state index contributed by atoms with van der Waals surface area (Å²) in [4.78, 5) is 17.4. The fraction of sp³-hybridized carbons (Fsp3) is 0.105. The number of hydroxylamine groups is 1. The molecule has 0 fully saturated rings. The predicted molar refractivity (Wildman–Crippen MR) is 93.7 cm³/mol. The molecule has 0 saturated heterocycles. The Bertz CT molecular complexity index is 909. The highest BCUT2D eigenvalue weighted by Gasteiger charge is 2.05. The third-order valence-corrected chi connectivity index (χ3v) is 3.67. The van der Waals surface area contributed by atoms with Crippen molar-refractivity contribution in [1.29, 1.82) is 0 Å². The maximum Gasteiger partial charge on any atom is 0.255 e. The van der Waals surface area contributed by atoms with Crippen LogP contribution in [0.3, 0.4) is 0 Å². The minimum absolute atomic E-state index is 0.0915. The molecule has 0 saturated carbocycles. The molecule has 4 nitrogen and oxygen atoms in total. The molecule has 1 aromatic heterocycles. The first-order valence-electron chi connectivity index (χ1n) is 7.37. The molecular formula is C19H18N2O2. The van der Waals surface area contributed by atoms with Crippen molar-refractivity contribution in [1.82, 2.24) is 10.0 Å². The van der Waals surface area contributed by atoms with E-state index in [2.05, 4.69) is 5.48 Å². The monoisotopic (exact) mass is 306 g/mol. The van der Waals surface area contributed by atoms with Gasteiger partial charge in [-0.05, 0) is 24.4 Å². The van der Waals surface area contributed by atoms with E-state index in [1.807, 2.05) is 61.5 Å². The first kappa shape index (κ1) is 15.1. The first-order chi connectivity index (χ1) is 11.2. The fourth-order valence-corrected chi connectivity index (χ4v) is 2.47. The van der Waals surface area contributed by atoms with E-state index in [0.29, 0.717) is 5.70 Å². The summed E-state index contributed by atoms with van der Waals surface area (Å²) in [7, 11) is 1.55. The SMILES string of the molecule is CONC(=Cn1c(=O)ccc2ccccc21)c1ccc(C)cc1. The minimum Gasteiger partial charge on any atom is -0.282 e. The van der Waals surface area contributed by atoms with Crippen LogP contribution in [0.1, 0.15) is 11.1 Å². The summed E-state index contributed by atoms with van der Waals surface area (Å²) < 4.78 is 1.62. The van der Waals surface area contributed by atoms with E-state index in [4.69, 9.17) is 4.84 Å². The summed E-state index contributed by atoms with van der Waals surface area (Å²) in [6.45, 7) is 2.03. The number of aryl methyl sites for hydroxylation is 1. The summed E-state index contributed by atoms with van der Waals surface area (Å²) in [6.07, 6.45) is 1.76. The van der Waals surface area contributed by atoms with Crippen molar-refractivity contribution in [2.75, 3.05) is 7.11 Å². The zero-order valence-electron chi connectivity index (χ0n) is 13.1. The van der Waals surface area contributed by atoms with Gasteiger partial charge in [-0.2, -0.15) is 0 Å². The average molecular weight is 306 g/mol. The van der Waals surface area contributed by atoms with Crippen molar-refractivity contribution in [2.45, 2.75) is 6.92 Å². The van der Waals surface area contributed by atoms with Crippen LogP contribution in [0.5, 0.6) is 0 Å². The molecule has 116 valence electrons. The number of nitrogens with one attached hydrogen (secondary N) is 1. The smallest absolute Gasteiger partial charge is 0.255 e. The van der Waals surface area contributed by atoms with Gasteiger partial charge >= 0.3 is 0 Å². The first-order valence-corrected chi connectivity index (χ1v) is 7.37. The van der Waals surface area contributed by atoms with E-state index in [9.17, 15) is 4.79 Å². The van der Waals surface area contributed by atoms with Gasteiger partial charge in [-0.25, -0.2) is 0 Å². The second-order valence-electron chi connectivity index (χ2n) is 5.32. The topological polar surface area (TPSA) is 43.3 Å². The number of hydrogen-bond donors (Lipinski definition) is 1. The van der Waals surface area contributed by atoms with Crippen LogP contribution in [0.4, 0.5) is 0 Å². The number of benzene rings is 2. The highest BCUT2D eigenvalue weighted by Crippen LogP contribution is 2.16. The standard InChI is InChI=1S/C19H18N2O2/c1-14-7-9-15(10-8-14)17(20-23-2)13-21-18-6-4-3-5-16(18)11-12-19(21)22/h3-13,20H,1-2H3. The summed E-state index contributed by atoms with van der Waals surface area (Å²) >= 11 is 0. The summed E-state index contributed by atoms with van der Waals surface area (Å²) in [5.41, 5.74) is 6.45. The van der Waals surface area contributed by atoms with Crippen LogP contribution in [0.15, 0.2) is 65.5 Å². The van der Waals surface area contributed by atoms with E-state index in [1.165, 1.54) is 5.56 Å². The number of nitrogens with zero attached hydrogens (tertiary/aromatic N) is 1. The lowest BCUT2D eigenvalue weighted by atomic mass is 10.1. The molecule has 0 bridgehead atoms. The van der Waals surface area contributed by atoms with Gasteiger partial charge in [0.1, 0.15) is 0 Å². The molecule has 23 heavy (non-hydrogen) atoms. The number of aromatic nitrogens is 1. The number of fused-ring (bicyclic) bond motifs is 1. The second kappa shape index (κ2) is 6.50. The highest BCUT2D eigenvalue weighted by molar-refractivity contribution is 5.83. The van der Waals surface area contributed by atoms with Gasteiger partial charge in [-0.1, -0.05) is 48.0 Å². The van der Waals surface area contributed by atoms with Crippen molar-refractivity contribution in [3.8, 4) is 0 Å². The van der Waals surface area contributed by atoms with E-state index >= 15 is 0 Å². The van der Waals surface area contributed by atoms with Gasteiger partial charge in [-0.3, -0.25) is 19.7 Å². The molecule has 0 unspecified atom stereocenters. The molecule has 0 spiro atoms. The molecule has 0 aliphatic heterocycles. The molecular weight excluding hydrogens is 288 g/mol. The molecule has 3 aromatic rings. The summed E-state index contributed by atoms with van der Waals surface area (Å²) in [6, 6.07) is 19.2. The molecule has 0 aliphatic carbocycles. The van der Waals surface area contributed by atoms with Gasteiger partial charge in [-0.15, -0.1) is 0 Å². The number of para-hydroxylation sites is 1. The Morgan fingerprint density at radius 3 is 2.52 bits per heavy atom. The second-order valence-corrected chi connectivity index (χ2v) is 5.32. The van der Waals surface area contributed by atoms with E-state index in [1.54, 1.807) is 23.9 Å². The number of rotatable bonds is 4. The van der Waals surface area contributed by atoms with Crippen LogP contribution in [0.2, 0.25) is 0 Å². The molecule has 4 heteroatoms. The van der Waals surface area contributed by atoms with Crippen LogP contribution in [0.25, 0.3) is 22.8 Å². The van der Waals surface area contributed by atoms with Crippen LogP contribution >= 0.6 is 0 Å². The number of hydrogen-bond acceptors (Lipinski definition) is 3. The molecule has 1 heterocycles. The maximum absolute atomic E-state index is 12.3. The zero-order chi connectivity index (χ0) is 16.2. The Hall–Kier alpha value is -2.85. The molecule has 1 N–H and O–H groups in total. The third-order valence-electron chi connectivity index (χ3n) is 3.67. The van der Waals surface area contributed by atoms with Crippen molar-refractivity contribution < 1.29 is 4.84 Å². The largest absolute Gasteiger partial charge is 0.282 e. The van der Waals surface area contributed by atoms with Gasteiger partial charge in [0.25, 0.3) is 5.56 Å². The van der Waals surface area contributed by atoms with Crippen molar-refractivity contribution in [3.63, 3.8) is 0 Å². The van der Waals surface area contributed by atoms with Gasteiger partial charge in [0.2, 0.25) is 0 Å². The molecule has 3 rings (SSSR count). The Labute approximate surface area is 134 Å². The summed E-state index contributed by atoms with van der Waals surface area (Å²) in [5, 5.41) is 1.00. The van der Waals surface area contributed by atoms with Crippen molar-refractivity contribution >= 4 is 22.8 Å². The Morgan fingerprint density at radius 1 is 1.04 bits per heavy atom. The van der Waals surface area contributed by atoms with Gasteiger partial charge in [0.05, 0.1) is 18.3 Å². The quantitative estimate of drug-likeness (QED) is 0.751. The minimum atomic E-state index is -0.0915. The lowest BCUT2D eigenvalue weighted by Crippen LogP contribution is -2.18. The van der Waals surface area contributed by atoms with Crippen LogP contribution in [-0.4, -0.2) is 11.7 Å². The molecule has 0 aliphatic rings. The van der Waals surface area contributed by atoms with Crippen LogP contribution in [-0.2, 0) is 4.84 Å². The molecule has 0 atom stereocenters. The van der Waals surface area contributed by atoms with Crippen molar-refractivity contribution in [3.05, 3.63) is 82.1 Å². The Balaban J connectivity index is 2.19. The molecule has 0 amide bonds. The normalized spacial score (nSPS) is 11.7. The van der Waals surface area contributed by atoms with Gasteiger partial charge in [0, 0.05) is 17.8 Å². The van der Waals surface area contributed by atoms with Crippen LogP contribution < -0.4 is 11.0 Å². The third kappa shape index (κ3) is 3.17. The van der Waals surface area contributed by atoms with E-state index in [-0.39, 0.29) is 5.56 Å². The van der Waals surface area contributed by atoms with Gasteiger partial charge < -0.3 is 0 Å². The number of pyridine rings is 1. The molecule has 2 aromatic carbocycles. The molecule has 0 radical (unpaired) electrons. The fourth-order valence-electron chi connectivity index (χ4n) is 2.47.